The van der Waals surface area contributed by atoms with Crippen LogP contribution in [-0.2, 0) is 53.4 Å². The number of thiazole rings is 1. The zero-order chi connectivity index (χ0) is 38.2. The molecule has 0 bridgehead atoms. The third-order valence-electron chi connectivity index (χ3n) is 8.87. The maximum absolute atomic E-state index is 15.3. The standard InChI is InChI=1S/C33H27F7N8O3S2/c1-15-7-22-28(33(38,39)40)44-48(29(22)32(15,36)37)13-25(49)42-23(10-16-8-17(34)11-18(35)9-16)26-21(12-24-31(43-26)41-14-52-24)19-5-4-6-20-27(19)47(2)45-30(20)46-53(3,50)51/h4-6,8-9,11-12,14-15,23H,7,10,13H2,1-3H3,(H,42,49)(H,45,46)/t15-,23?/m1/s1. The van der Waals surface area contributed by atoms with E-state index in [9.17, 15) is 35.2 Å². The van der Waals surface area contributed by atoms with Crippen molar-refractivity contribution in [3.63, 3.8) is 0 Å². The lowest BCUT2D eigenvalue weighted by molar-refractivity contribution is -0.142. The van der Waals surface area contributed by atoms with Crippen molar-refractivity contribution in [3.05, 3.63) is 87.8 Å². The Morgan fingerprint density at radius 3 is 2.49 bits per heavy atom. The molecule has 1 aliphatic carbocycles. The Morgan fingerprint density at radius 2 is 1.81 bits per heavy atom. The highest BCUT2D eigenvalue weighted by Gasteiger charge is 2.54. The lowest BCUT2D eigenvalue weighted by atomic mass is 9.94. The summed E-state index contributed by atoms with van der Waals surface area (Å²) in [6.07, 6.45) is -5.03. The van der Waals surface area contributed by atoms with Gasteiger partial charge >= 0.3 is 6.18 Å². The molecule has 11 nitrogen and oxygen atoms in total. The fourth-order valence-electron chi connectivity index (χ4n) is 6.73. The molecule has 0 spiro atoms. The molecular weight excluding hydrogens is 754 g/mol. The van der Waals surface area contributed by atoms with Gasteiger partial charge in [-0.15, -0.1) is 11.3 Å². The van der Waals surface area contributed by atoms with E-state index < -0.39 is 81.5 Å². The van der Waals surface area contributed by atoms with Gasteiger partial charge in [0.25, 0.3) is 5.92 Å². The number of halogens is 7. The summed E-state index contributed by atoms with van der Waals surface area (Å²) in [5.74, 6) is -8.09. The van der Waals surface area contributed by atoms with Crippen molar-refractivity contribution in [3.8, 4) is 11.1 Å². The molecule has 2 aromatic carbocycles. The van der Waals surface area contributed by atoms with Gasteiger partial charge in [0.1, 0.15) is 23.9 Å². The van der Waals surface area contributed by atoms with Gasteiger partial charge < -0.3 is 5.32 Å². The number of carbonyl (C=O) groups is 1. The first-order valence-corrected chi connectivity index (χ1v) is 18.5. The van der Waals surface area contributed by atoms with Crippen LogP contribution in [-0.4, -0.2) is 50.1 Å². The van der Waals surface area contributed by atoms with E-state index in [1.807, 2.05) is 0 Å². The smallest absolute Gasteiger partial charge is 0.346 e. The Hall–Kier alpha value is -5.11. The van der Waals surface area contributed by atoms with Gasteiger partial charge in [-0.1, -0.05) is 19.1 Å². The van der Waals surface area contributed by atoms with Gasteiger partial charge in [-0.2, -0.15) is 32.1 Å². The molecule has 1 unspecified atom stereocenters. The molecule has 2 atom stereocenters. The molecule has 0 radical (unpaired) electrons. The molecule has 2 N–H and O–H groups in total. The average Bonchev–Trinajstić information content (AvgIpc) is 3.78. The number of nitrogens with one attached hydrogen (secondary N) is 2. The summed E-state index contributed by atoms with van der Waals surface area (Å²) >= 11 is 1.23. The number of anilines is 1. The Morgan fingerprint density at radius 1 is 1.09 bits per heavy atom. The molecule has 0 fully saturated rings. The van der Waals surface area contributed by atoms with Gasteiger partial charge in [0.15, 0.2) is 17.2 Å². The number of benzene rings is 2. The number of alkyl halides is 5. The molecule has 278 valence electrons. The van der Waals surface area contributed by atoms with E-state index in [-0.39, 0.29) is 29.1 Å². The van der Waals surface area contributed by atoms with Crippen LogP contribution < -0.4 is 10.0 Å². The Labute approximate surface area is 299 Å². The Bertz CT molecular complexity index is 2530. The lowest BCUT2D eigenvalue weighted by Gasteiger charge is -2.23. The SMILES string of the molecule is C[C@@H]1Cc2c(C(F)(F)F)nn(CC(=O)NC(Cc3cc(F)cc(F)c3)c3nc4ncsc4cc3-c3cccc4c(NS(C)(=O)=O)nn(C)c34)c2C1(F)F. The van der Waals surface area contributed by atoms with Crippen LogP contribution in [0.5, 0.6) is 0 Å². The summed E-state index contributed by atoms with van der Waals surface area (Å²) < 4.78 is 130. The summed E-state index contributed by atoms with van der Waals surface area (Å²) in [7, 11) is -2.18. The van der Waals surface area contributed by atoms with E-state index in [0.717, 1.165) is 25.3 Å². The summed E-state index contributed by atoms with van der Waals surface area (Å²) in [5, 5.41) is 10.8. The number of hydrogen-bond donors (Lipinski definition) is 2. The van der Waals surface area contributed by atoms with Crippen molar-refractivity contribution in [2.75, 3.05) is 11.0 Å². The van der Waals surface area contributed by atoms with Gasteiger partial charge in [-0.05, 0) is 42.7 Å². The van der Waals surface area contributed by atoms with Gasteiger partial charge in [-0.25, -0.2) is 27.2 Å². The van der Waals surface area contributed by atoms with E-state index in [0.29, 0.717) is 37.5 Å². The zero-order valence-electron chi connectivity index (χ0n) is 27.8. The van der Waals surface area contributed by atoms with Crippen LogP contribution >= 0.6 is 11.3 Å². The first-order chi connectivity index (χ1) is 24.8. The van der Waals surface area contributed by atoms with Crippen molar-refractivity contribution >= 4 is 54.3 Å². The Kier molecular flexibility index (Phi) is 8.74. The number of nitrogens with zero attached hydrogens (tertiary/aromatic N) is 6. The minimum Gasteiger partial charge on any atom is -0.346 e. The number of para-hydroxylation sites is 1. The number of sulfonamides is 1. The van der Waals surface area contributed by atoms with Crippen molar-refractivity contribution in [1.29, 1.82) is 0 Å². The van der Waals surface area contributed by atoms with Crippen molar-refractivity contribution in [2.24, 2.45) is 13.0 Å². The lowest BCUT2D eigenvalue weighted by Crippen LogP contribution is -2.35. The van der Waals surface area contributed by atoms with Crippen molar-refractivity contribution in [2.45, 2.75) is 44.5 Å². The van der Waals surface area contributed by atoms with E-state index >= 15 is 8.78 Å². The summed E-state index contributed by atoms with van der Waals surface area (Å²) in [6.45, 7) is 0.0460. The number of amides is 1. The molecule has 4 heterocycles. The quantitative estimate of drug-likeness (QED) is 0.160. The average molecular weight is 781 g/mol. The van der Waals surface area contributed by atoms with E-state index in [1.54, 1.807) is 31.3 Å². The highest BCUT2D eigenvalue weighted by molar-refractivity contribution is 7.92. The highest BCUT2D eigenvalue weighted by atomic mass is 32.2. The second-order valence-electron chi connectivity index (χ2n) is 12.8. The van der Waals surface area contributed by atoms with Gasteiger partial charge in [0.05, 0.1) is 33.7 Å². The van der Waals surface area contributed by atoms with Crippen molar-refractivity contribution < 1.29 is 43.9 Å². The van der Waals surface area contributed by atoms with Gasteiger partial charge in [0.2, 0.25) is 15.9 Å². The largest absolute Gasteiger partial charge is 0.435 e. The van der Waals surface area contributed by atoms with Gasteiger partial charge in [-0.3, -0.25) is 18.9 Å². The summed E-state index contributed by atoms with van der Waals surface area (Å²) in [6, 6.07) is 8.03. The summed E-state index contributed by atoms with van der Waals surface area (Å²) in [4.78, 5) is 22.7. The fourth-order valence-corrected chi connectivity index (χ4v) is 7.89. The molecule has 20 heteroatoms. The molecule has 1 aliphatic rings. The number of rotatable bonds is 9. The van der Waals surface area contributed by atoms with Crippen LogP contribution in [0.4, 0.5) is 36.6 Å². The van der Waals surface area contributed by atoms with E-state index in [4.69, 9.17) is 4.98 Å². The summed E-state index contributed by atoms with van der Waals surface area (Å²) in [5.41, 5.74) is -0.121. The van der Waals surface area contributed by atoms with Gasteiger partial charge in [0, 0.05) is 41.1 Å². The molecule has 1 amide bonds. The van der Waals surface area contributed by atoms with E-state index in [2.05, 4.69) is 25.2 Å². The number of fused-ring (bicyclic) bond motifs is 3. The van der Waals surface area contributed by atoms with Crippen LogP contribution in [0, 0.1) is 17.6 Å². The van der Waals surface area contributed by atoms with Crippen molar-refractivity contribution in [1.82, 2.24) is 34.8 Å². The molecule has 4 aromatic heterocycles. The molecule has 0 saturated carbocycles. The number of hydrogen-bond acceptors (Lipinski definition) is 8. The normalized spacial score (nSPS) is 16.3. The highest BCUT2D eigenvalue weighted by Crippen LogP contribution is 2.49. The number of aromatic nitrogens is 6. The predicted molar refractivity (Wildman–Crippen MR) is 181 cm³/mol. The second-order valence-corrected chi connectivity index (χ2v) is 15.4. The molecule has 7 rings (SSSR count). The van der Waals surface area contributed by atoms with Crippen LogP contribution in [0.2, 0.25) is 0 Å². The molecule has 0 saturated heterocycles. The van der Waals surface area contributed by atoms with Crippen LogP contribution in [0.25, 0.3) is 32.4 Å². The minimum atomic E-state index is -5.07. The monoisotopic (exact) mass is 780 g/mol. The molecule has 53 heavy (non-hydrogen) atoms. The molecule has 0 aliphatic heterocycles. The zero-order valence-corrected chi connectivity index (χ0v) is 29.4. The maximum atomic E-state index is 15.3. The first-order valence-electron chi connectivity index (χ1n) is 15.8. The Balaban J connectivity index is 1.37. The van der Waals surface area contributed by atoms with Crippen LogP contribution in [0.15, 0.2) is 48.0 Å². The number of pyridine rings is 1. The second kappa shape index (κ2) is 12.8. The number of aryl methyl sites for hydroxylation is 1. The topological polar surface area (TPSA) is 137 Å². The minimum absolute atomic E-state index is 0.0245. The number of carbonyl (C=O) groups excluding carboxylic acids is 1. The third-order valence-corrected chi connectivity index (χ3v) is 10.2. The maximum Gasteiger partial charge on any atom is 0.435 e. The fraction of sp³-hybridized carbons (Fsp3) is 0.303. The molecular formula is C33H27F7N8O3S2. The third kappa shape index (κ3) is 6.80. The van der Waals surface area contributed by atoms with Crippen LogP contribution in [0.1, 0.15) is 41.2 Å². The van der Waals surface area contributed by atoms with E-state index in [1.165, 1.54) is 21.5 Å². The van der Waals surface area contributed by atoms with Crippen LogP contribution in [0.3, 0.4) is 0 Å². The first kappa shape index (κ1) is 36.3. The molecule has 6 aromatic rings. The predicted octanol–water partition coefficient (Wildman–Crippen LogP) is 6.49.